The Balaban J connectivity index is 2.17. The highest BCUT2D eigenvalue weighted by Crippen LogP contribution is 2.25. The fraction of sp³-hybridized carbons (Fsp3) is 0.818. The van der Waals surface area contributed by atoms with Crippen molar-refractivity contribution in [1.82, 2.24) is 10.2 Å². The van der Waals surface area contributed by atoms with E-state index in [2.05, 4.69) is 22.0 Å². The number of hydrogen-bond acceptors (Lipinski definition) is 5. The molecule has 1 aliphatic rings. The average molecular weight is 260 g/mol. The Hall–Kier alpha value is -0.810. The number of nitrogens with zero attached hydrogens (tertiary/aromatic N) is 3. The first-order valence-electron chi connectivity index (χ1n) is 5.97. The number of halogens is 1. The number of alkyl halides is 1. The van der Waals surface area contributed by atoms with Gasteiger partial charge in [-0.05, 0) is 20.3 Å². The predicted octanol–water partition coefficient (Wildman–Crippen LogP) is 2.37. The van der Waals surface area contributed by atoms with E-state index < -0.39 is 0 Å². The molecule has 2 rings (SSSR count). The SMILES string of the molecule is CCC1COC(C)CN1c1nnc(C(C)Cl)o1. The van der Waals surface area contributed by atoms with Crippen molar-refractivity contribution in [3.8, 4) is 0 Å². The Kier molecular flexibility index (Phi) is 3.89. The maximum atomic E-state index is 5.91. The molecule has 0 aromatic carbocycles. The van der Waals surface area contributed by atoms with Gasteiger partial charge in [0.05, 0.1) is 18.8 Å². The highest BCUT2D eigenvalue weighted by Gasteiger charge is 2.29. The molecule has 1 aromatic heterocycles. The third-order valence-corrected chi connectivity index (χ3v) is 3.14. The summed E-state index contributed by atoms with van der Waals surface area (Å²) < 4.78 is 11.2. The second-order valence-electron chi connectivity index (χ2n) is 4.40. The van der Waals surface area contributed by atoms with Crippen LogP contribution in [0.2, 0.25) is 0 Å². The standard InChI is InChI=1S/C11H18ClN3O2/c1-4-9-6-16-7(2)5-15(9)11-14-13-10(17-11)8(3)12/h7-9H,4-6H2,1-3H3. The minimum Gasteiger partial charge on any atom is -0.406 e. The van der Waals surface area contributed by atoms with Crippen LogP contribution < -0.4 is 4.90 Å². The molecule has 0 amide bonds. The molecule has 1 saturated heterocycles. The lowest BCUT2D eigenvalue weighted by molar-refractivity contribution is 0.0277. The van der Waals surface area contributed by atoms with Crippen molar-refractivity contribution in [1.29, 1.82) is 0 Å². The zero-order valence-electron chi connectivity index (χ0n) is 10.4. The van der Waals surface area contributed by atoms with Crippen LogP contribution in [0.3, 0.4) is 0 Å². The molecule has 17 heavy (non-hydrogen) atoms. The third kappa shape index (κ3) is 2.72. The van der Waals surface area contributed by atoms with Crippen molar-refractivity contribution in [3.05, 3.63) is 5.89 Å². The minimum atomic E-state index is -0.255. The zero-order valence-corrected chi connectivity index (χ0v) is 11.1. The van der Waals surface area contributed by atoms with E-state index in [0.29, 0.717) is 24.6 Å². The quantitative estimate of drug-likeness (QED) is 0.780. The van der Waals surface area contributed by atoms with Gasteiger partial charge in [-0.25, -0.2) is 0 Å². The van der Waals surface area contributed by atoms with Crippen molar-refractivity contribution >= 4 is 17.6 Å². The molecule has 0 radical (unpaired) electrons. The highest BCUT2D eigenvalue weighted by atomic mass is 35.5. The number of ether oxygens (including phenoxy) is 1. The molecule has 1 aliphatic heterocycles. The Bertz CT molecular complexity index is 369. The lowest BCUT2D eigenvalue weighted by atomic mass is 10.1. The summed E-state index contributed by atoms with van der Waals surface area (Å²) in [4.78, 5) is 2.12. The summed E-state index contributed by atoms with van der Waals surface area (Å²) in [5, 5.41) is 7.76. The molecule has 3 atom stereocenters. The molecule has 5 nitrogen and oxygen atoms in total. The lowest BCUT2D eigenvalue weighted by Crippen LogP contribution is -2.48. The monoisotopic (exact) mass is 259 g/mol. The van der Waals surface area contributed by atoms with Crippen LogP contribution in [0.4, 0.5) is 6.01 Å². The molecule has 0 saturated carbocycles. The van der Waals surface area contributed by atoms with Gasteiger partial charge in [0.25, 0.3) is 0 Å². The molecule has 3 unspecified atom stereocenters. The van der Waals surface area contributed by atoms with Gasteiger partial charge in [0, 0.05) is 6.54 Å². The largest absolute Gasteiger partial charge is 0.406 e. The predicted molar refractivity (Wildman–Crippen MR) is 65.4 cm³/mol. The number of morpholine rings is 1. The Morgan fingerprint density at radius 2 is 2.29 bits per heavy atom. The number of hydrogen-bond donors (Lipinski definition) is 0. The molecule has 1 aromatic rings. The van der Waals surface area contributed by atoms with Crippen LogP contribution in [0, 0.1) is 0 Å². The number of anilines is 1. The van der Waals surface area contributed by atoms with E-state index in [4.69, 9.17) is 20.8 Å². The summed E-state index contributed by atoms with van der Waals surface area (Å²) in [7, 11) is 0. The van der Waals surface area contributed by atoms with Crippen molar-refractivity contribution in [3.63, 3.8) is 0 Å². The molecular weight excluding hydrogens is 242 g/mol. The van der Waals surface area contributed by atoms with E-state index in [1.807, 2.05) is 13.8 Å². The van der Waals surface area contributed by atoms with Crippen molar-refractivity contribution in [2.75, 3.05) is 18.1 Å². The molecule has 1 fully saturated rings. The van der Waals surface area contributed by atoms with Crippen molar-refractivity contribution < 1.29 is 9.15 Å². The van der Waals surface area contributed by atoms with Gasteiger partial charge >= 0.3 is 6.01 Å². The smallest absolute Gasteiger partial charge is 0.318 e. The maximum Gasteiger partial charge on any atom is 0.318 e. The second-order valence-corrected chi connectivity index (χ2v) is 5.05. The van der Waals surface area contributed by atoms with Crippen LogP contribution in [0.15, 0.2) is 4.42 Å². The normalized spacial score (nSPS) is 27.2. The molecule has 2 heterocycles. The van der Waals surface area contributed by atoms with E-state index in [-0.39, 0.29) is 11.5 Å². The van der Waals surface area contributed by atoms with Gasteiger partial charge in [0.2, 0.25) is 5.89 Å². The average Bonchev–Trinajstić information content (AvgIpc) is 2.78. The van der Waals surface area contributed by atoms with E-state index in [1.165, 1.54) is 0 Å². The topological polar surface area (TPSA) is 51.4 Å². The Morgan fingerprint density at radius 1 is 1.53 bits per heavy atom. The summed E-state index contributed by atoms with van der Waals surface area (Å²) in [6.45, 7) is 7.46. The van der Waals surface area contributed by atoms with Gasteiger partial charge in [-0.15, -0.1) is 16.7 Å². The molecule has 96 valence electrons. The first kappa shape index (κ1) is 12.6. The third-order valence-electron chi connectivity index (χ3n) is 2.95. The highest BCUT2D eigenvalue weighted by molar-refractivity contribution is 6.20. The molecule has 0 aliphatic carbocycles. The van der Waals surface area contributed by atoms with E-state index in [1.54, 1.807) is 0 Å². The van der Waals surface area contributed by atoms with Crippen LogP contribution in [0.5, 0.6) is 0 Å². The van der Waals surface area contributed by atoms with Crippen LogP contribution in [-0.2, 0) is 4.74 Å². The summed E-state index contributed by atoms with van der Waals surface area (Å²) in [5.74, 6) is 0.468. The molecule has 6 heteroatoms. The van der Waals surface area contributed by atoms with Gasteiger partial charge in [-0.2, -0.15) is 0 Å². The van der Waals surface area contributed by atoms with E-state index >= 15 is 0 Å². The van der Waals surface area contributed by atoms with E-state index in [0.717, 1.165) is 13.0 Å². The van der Waals surface area contributed by atoms with Gasteiger partial charge in [0.15, 0.2) is 0 Å². The van der Waals surface area contributed by atoms with Gasteiger partial charge in [-0.1, -0.05) is 12.0 Å². The van der Waals surface area contributed by atoms with Gasteiger partial charge in [0.1, 0.15) is 5.38 Å². The van der Waals surface area contributed by atoms with Crippen LogP contribution in [-0.4, -0.2) is 35.5 Å². The summed E-state index contributed by atoms with van der Waals surface area (Å²) in [6, 6.07) is 0.847. The van der Waals surface area contributed by atoms with Gasteiger partial charge in [-0.3, -0.25) is 0 Å². The fourth-order valence-corrected chi connectivity index (χ4v) is 2.01. The molecular formula is C11H18ClN3O2. The molecule has 0 bridgehead atoms. The van der Waals surface area contributed by atoms with Gasteiger partial charge < -0.3 is 14.1 Å². The Morgan fingerprint density at radius 3 is 2.88 bits per heavy atom. The zero-order chi connectivity index (χ0) is 12.4. The maximum absolute atomic E-state index is 5.91. The first-order valence-corrected chi connectivity index (χ1v) is 6.41. The fourth-order valence-electron chi connectivity index (χ4n) is 1.92. The summed E-state index contributed by atoms with van der Waals surface area (Å²) in [6.07, 6.45) is 1.17. The minimum absolute atomic E-state index is 0.182. The van der Waals surface area contributed by atoms with Crippen LogP contribution >= 0.6 is 11.6 Å². The van der Waals surface area contributed by atoms with Crippen molar-refractivity contribution in [2.45, 2.75) is 44.7 Å². The van der Waals surface area contributed by atoms with Crippen molar-refractivity contribution in [2.24, 2.45) is 0 Å². The summed E-state index contributed by atoms with van der Waals surface area (Å²) in [5.41, 5.74) is 0. The summed E-state index contributed by atoms with van der Waals surface area (Å²) >= 11 is 5.91. The number of rotatable bonds is 3. The van der Waals surface area contributed by atoms with Crippen LogP contribution in [0.25, 0.3) is 0 Å². The number of aromatic nitrogens is 2. The molecule has 0 N–H and O–H groups in total. The lowest BCUT2D eigenvalue weighted by Gasteiger charge is -2.36. The van der Waals surface area contributed by atoms with E-state index in [9.17, 15) is 0 Å². The first-order chi connectivity index (χ1) is 8.11. The van der Waals surface area contributed by atoms with Crippen LogP contribution in [0.1, 0.15) is 38.5 Å². The molecule has 0 spiro atoms. The second kappa shape index (κ2) is 5.23. The Labute approximate surface area is 106 Å².